The number of aromatic carboxylic acids is 1. The van der Waals surface area contributed by atoms with E-state index in [2.05, 4.69) is 0 Å². The first-order valence-electron chi connectivity index (χ1n) is 11.5. The molecule has 2 heterocycles. The van der Waals surface area contributed by atoms with E-state index in [1.807, 2.05) is 0 Å². The molecule has 1 aromatic heterocycles. The number of aromatic nitrogens is 2. The van der Waals surface area contributed by atoms with Gasteiger partial charge in [-0.25, -0.2) is 9.59 Å². The first-order chi connectivity index (χ1) is 17.4. The third-order valence-corrected chi connectivity index (χ3v) is 6.78. The summed E-state index contributed by atoms with van der Waals surface area (Å²) in [5, 5.41) is 9.80. The van der Waals surface area contributed by atoms with Crippen LogP contribution in [0.2, 0.25) is 5.02 Å². The summed E-state index contributed by atoms with van der Waals surface area (Å²) in [5.74, 6) is -1.10. The smallest absolute Gasteiger partial charge is 0.335 e. The summed E-state index contributed by atoms with van der Waals surface area (Å²) >= 11 is 6.27. The minimum atomic E-state index is -1.03. The molecule has 1 atom stereocenters. The Labute approximate surface area is 211 Å². The Morgan fingerprint density at radius 2 is 1.81 bits per heavy atom. The predicted molar refractivity (Wildman–Crippen MR) is 136 cm³/mol. The number of imidazole rings is 1. The minimum Gasteiger partial charge on any atom is -0.478 e. The number of likely N-dealkylation sites (tertiary alicyclic amines) is 1. The molecular weight excluding hydrogens is 482 g/mol. The number of hydrogen-bond donors (Lipinski definition) is 1. The molecule has 0 bridgehead atoms. The number of benzene rings is 3. The van der Waals surface area contributed by atoms with Crippen LogP contribution in [0.4, 0.5) is 0 Å². The van der Waals surface area contributed by atoms with E-state index in [0.29, 0.717) is 46.0 Å². The fraction of sp³-hybridized carbons (Fsp3) is 0.222. The normalized spacial score (nSPS) is 15.5. The van der Waals surface area contributed by atoms with Gasteiger partial charge in [0.15, 0.2) is 0 Å². The van der Waals surface area contributed by atoms with E-state index in [1.165, 1.54) is 6.07 Å². The second-order valence-electron chi connectivity index (χ2n) is 8.79. The molecule has 1 aliphatic rings. The van der Waals surface area contributed by atoms with Crippen molar-refractivity contribution in [3.05, 3.63) is 98.9 Å². The molecule has 184 valence electrons. The van der Waals surface area contributed by atoms with Crippen molar-refractivity contribution in [3.8, 4) is 5.69 Å². The Morgan fingerprint density at radius 1 is 1.03 bits per heavy atom. The molecule has 0 aliphatic carbocycles. The molecule has 1 saturated heterocycles. The van der Waals surface area contributed by atoms with E-state index in [-0.39, 0.29) is 29.8 Å². The molecule has 1 N–H and O–H groups in total. The van der Waals surface area contributed by atoms with Crippen molar-refractivity contribution in [1.82, 2.24) is 14.0 Å². The third kappa shape index (κ3) is 4.41. The first kappa shape index (κ1) is 23.8. The van der Waals surface area contributed by atoms with Crippen LogP contribution in [-0.2, 0) is 11.3 Å². The molecular formula is C27H24ClN3O5. The highest BCUT2D eigenvalue weighted by molar-refractivity contribution is 6.31. The fourth-order valence-electron chi connectivity index (χ4n) is 4.66. The standard InChI is InChI=1S/C27H24ClN3O5/c1-36-22-11-12-29(16-22)25(32)18-5-8-21(9-6-18)31-24-14-20(28)7-10-23(24)30(27(31)35)15-17-3-2-4-19(13-17)26(33)34/h2-10,13-14,22H,11-12,15-16H2,1H3,(H,33,34). The van der Waals surface area contributed by atoms with Crippen molar-refractivity contribution in [1.29, 1.82) is 0 Å². The number of halogens is 1. The summed E-state index contributed by atoms with van der Waals surface area (Å²) in [6, 6.07) is 18.6. The van der Waals surface area contributed by atoms with E-state index in [9.17, 15) is 19.5 Å². The van der Waals surface area contributed by atoms with Gasteiger partial charge in [-0.15, -0.1) is 0 Å². The van der Waals surface area contributed by atoms with Crippen molar-refractivity contribution in [2.45, 2.75) is 19.1 Å². The zero-order chi connectivity index (χ0) is 25.4. The van der Waals surface area contributed by atoms with Gasteiger partial charge in [0, 0.05) is 30.8 Å². The van der Waals surface area contributed by atoms with Crippen molar-refractivity contribution in [2.24, 2.45) is 0 Å². The summed E-state index contributed by atoms with van der Waals surface area (Å²) in [6.07, 6.45) is 0.865. The molecule has 0 saturated carbocycles. The van der Waals surface area contributed by atoms with Crippen LogP contribution >= 0.6 is 11.6 Å². The molecule has 1 amide bonds. The average Bonchev–Trinajstić information content (AvgIpc) is 3.47. The molecule has 1 fully saturated rings. The maximum absolute atomic E-state index is 13.6. The zero-order valence-electron chi connectivity index (χ0n) is 19.6. The Balaban J connectivity index is 1.52. The van der Waals surface area contributed by atoms with Crippen LogP contribution in [-0.4, -0.2) is 57.3 Å². The Morgan fingerprint density at radius 3 is 2.50 bits per heavy atom. The lowest BCUT2D eigenvalue weighted by Crippen LogP contribution is -2.30. The molecule has 8 nitrogen and oxygen atoms in total. The van der Waals surface area contributed by atoms with E-state index in [0.717, 1.165) is 6.42 Å². The second-order valence-corrected chi connectivity index (χ2v) is 9.22. The predicted octanol–water partition coefficient (Wildman–Crippen LogP) is 4.05. The Bertz CT molecular complexity index is 1520. The highest BCUT2D eigenvalue weighted by Crippen LogP contribution is 2.24. The van der Waals surface area contributed by atoms with Gasteiger partial charge in [-0.2, -0.15) is 0 Å². The van der Waals surface area contributed by atoms with Crippen LogP contribution in [0.25, 0.3) is 16.7 Å². The number of carboxylic acids is 1. The molecule has 36 heavy (non-hydrogen) atoms. The Hall–Kier alpha value is -3.88. The van der Waals surface area contributed by atoms with Gasteiger partial charge in [0.1, 0.15) is 0 Å². The van der Waals surface area contributed by atoms with E-state index >= 15 is 0 Å². The molecule has 5 rings (SSSR count). The van der Waals surface area contributed by atoms with Gasteiger partial charge in [-0.1, -0.05) is 23.7 Å². The number of nitrogens with zero attached hydrogens (tertiary/aromatic N) is 3. The monoisotopic (exact) mass is 505 g/mol. The SMILES string of the molecule is COC1CCN(C(=O)c2ccc(-n3c(=O)n(Cc4cccc(C(=O)O)c4)c4ccc(Cl)cc43)cc2)C1. The summed E-state index contributed by atoms with van der Waals surface area (Å²) < 4.78 is 8.49. The number of carbonyl (C=O) groups is 2. The average molecular weight is 506 g/mol. The van der Waals surface area contributed by atoms with Gasteiger partial charge in [0.2, 0.25) is 0 Å². The highest BCUT2D eigenvalue weighted by Gasteiger charge is 2.27. The molecule has 9 heteroatoms. The van der Waals surface area contributed by atoms with E-state index in [1.54, 1.807) is 81.8 Å². The lowest BCUT2D eigenvalue weighted by molar-refractivity contribution is 0.0695. The van der Waals surface area contributed by atoms with Gasteiger partial charge in [0.05, 0.1) is 34.9 Å². The second kappa shape index (κ2) is 9.64. The quantitative estimate of drug-likeness (QED) is 0.426. The van der Waals surface area contributed by atoms with Gasteiger partial charge >= 0.3 is 11.7 Å². The molecule has 3 aromatic carbocycles. The summed E-state index contributed by atoms with van der Waals surface area (Å²) in [7, 11) is 1.65. The fourth-order valence-corrected chi connectivity index (χ4v) is 4.83. The first-order valence-corrected chi connectivity index (χ1v) is 11.9. The minimum absolute atomic E-state index is 0.0545. The number of carboxylic acid groups (broad SMARTS) is 1. The topological polar surface area (TPSA) is 93.8 Å². The van der Waals surface area contributed by atoms with Crippen molar-refractivity contribution in [2.75, 3.05) is 20.2 Å². The van der Waals surface area contributed by atoms with Gasteiger partial charge < -0.3 is 14.7 Å². The van der Waals surface area contributed by atoms with Gasteiger partial charge in [-0.05, 0) is 66.6 Å². The number of methoxy groups -OCH3 is 1. The van der Waals surface area contributed by atoms with Crippen LogP contribution in [0.3, 0.4) is 0 Å². The lowest BCUT2D eigenvalue weighted by atomic mass is 10.1. The summed E-state index contributed by atoms with van der Waals surface area (Å²) in [6.45, 7) is 1.40. The van der Waals surface area contributed by atoms with Crippen LogP contribution in [0.5, 0.6) is 0 Å². The summed E-state index contributed by atoms with van der Waals surface area (Å²) in [5.41, 5.74) is 2.95. The highest BCUT2D eigenvalue weighted by atomic mass is 35.5. The number of fused-ring (bicyclic) bond motifs is 1. The lowest BCUT2D eigenvalue weighted by Gasteiger charge is -2.16. The van der Waals surface area contributed by atoms with Crippen LogP contribution in [0, 0.1) is 0 Å². The summed E-state index contributed by atoms with van der Waals surface area (Å²) in [4.78, 5) is 39.7. The van der Waals surface area contributed by atoms with Crippen LogP contribution in [0.15, 0.2) is 71.5 Å². The zero-order valence-corrected chi connectivity index (χ0v) is 20.3. The molecule has 1 unspecified atom stereocenters. The molecule has 0 spiro atoms. The van der Waals surface area contributed by atoms with Crippen molar-refractivity contribution in [3.63, 3.8) is 0 Å². The maximum Gasteiger partial charge on any atom is 0.335 e. The largest absolute Gasteiger partial charge is 0.478 e. The number of rotatable bonds is 6. The van der Waals surface area contributed by atoms with Gasteiger partial charge in [0.25, 0.3) is 5.91 Å². The van der Waals surface area contributed by atoms with E-state index < -0.39 is 5.97 Å². The molecule has 4 aromatic rings. The molecule has 1 aliphatic heterocycles. The third-order valence-electron chi connectivity index (χ3n) is 6.54. The van der Waals surface area contributed by atoms with Crippen LogP contribution < -0.4 is 5.69 Å². The maximum atomic E-state index is 13.6. The number of ether oxygens (including phenoxy) is 1. The van der Waals surface area contributed by atoms with Crippen molar-refractivity contribution < 1.29 is 19.4 Å². The van der Waals surface area contributed by atoms with Crippen molar-refractivity contribution >= 4 is 34.5 Å². The number of carbonyl (C=O) groups excluding carboxylic acids is 1. The van der Waals surface area contributed by atoms with Crippen LogP contribution in [0.1, 0.15) is 32.7 Å². The number of hydrogen-bond acceptors (Lipinski definition) is 4. The van der Waals surface area contributed by atoms with Gasteiger partial charge in [-0.3, -0.25) is 13.9 Å². The Kier molecular flexibility index (Phi) is 6.38. The molecule has 0 radical (unpaired) electrons. The number of amides is 1. The van der Waals surface area contributed by atoms with E-state index in [4.69, 9.17) is 16.3 Å².